The topological polar surface area (TPSA) is 52.6 Å². The Balaban J connectivity index is 1.72. The van der Waals surface area contributed by atoms with Gasteiger partial charge in [-0.15, -0.1) is 11.3 Å². The van der Waals surface area contributed by atoms with Crippen molar-refractivity contribution in [2.45, 2.75) is 66.6 Å². The van der Waals surface area contributed by atoms with E-state index in [1.54, 1.807) is 39.0 Å². The highest BCUT2D eigenvalue weighted by Gasteiger charge is 2.55. The Morgan fingerprint density at radius 1 is 0.773 bits per heavy atom. The summed E-state index contributed by atoms with van der Waals surface area (Å²) in [6.45, 7) is 11.4. The molecule has 6 rings (SSSR count). The highest BCUT2D eigenvalue weighted by atomic mass is 32.1. The number of hydrogen-bond donors (Lipinski definition) is 0. The van der Waals surface area contributed by atoms with Crippen molar-refractivity contribution < 1.29 is 19.1 Å². The number of carbonyl (C=O) groups is 2. The van der Waals surface area contributed by atoms with E-state index >= 15 is 0 Å². The Kier molecular flexibility index (Phi) is 7.82. The van der Waals surface area contributed by atoms with Crippen molar-refractivity contribution in [2.24, 2.45) is 5.41 Å². The van der Waals surface area contributed by atoms with Gasteiger partial charge in [0.1, 0.15) is 0 Å². The summed E-state index contributed by atoms with van der Waals surface area (Å²) >= 11 is 1.70. The number of carbonyl (C=O) groups excluding carboxylic acids is 2. The molecule has 1 aliphatic carbocycles. The number of esters is 2. The lowest BCUT2D eigenvalue weighted by Gasteiger charge is -2.26. The zero-order valence-electron chi connectivity index (χ0n) is 26.0. The second-order valence-corrected chi connectivity index (χ2v) is 13.4. The fraction of sp³-hybridized carbons (Fsp3) is 0.282. The lowest BCUT2D eigenvalue weighted by atomic mass is 9.84. The Bertz CT molecular complexity index is 1980. The number of rotatable bonds is 5. The molecule has 1 aromatic heterocycles. The molecule has 0 unspecified atom stereocenters. The average molecular weight is 601 g/mol. The van der Waals surface area contributed by atoms with Crippen LogP contribution in [0.4, 0.5) is 0 Å². The maximum Gasteiger partial charge on any atom is 0.324 e. The largest absolute Gasteiger partial charge is 0.462 e. The van der Waals surface area contributed by atoms with Gasteiger partial charge >= 0.3 is 11.9 Å². The van der Waals surface area contributed by atoms with E-state index in [1.807, 2.05) is 18.2 Å². The molecule has 222 valence electrons. The van der Waals surface area contributed by atoms with E-state index in [-0.39, 0.29) is 25.0 Å². The number of thiophene rings is 1. The highest BCUT2D eigenvalue weighted by molar-refractivity contribution is 7.26. The molecule has 0 N–H and O–H groups in total. The minimum atomic E-state index is -1.50. The van der Waals surface area contributed by atoms with Crippen LogP contribution in [-0.4, -0.2) is 24.1 Å². The van der Waals surface area contributed by atoms with Crippen molar-refractivity contribution >= 4 is 43.4 Å². The third-order valence-corrected chi connectivity index (χ3v) is 9.35. The van der Waals surface area contributed by atoms with Crippen LogP contribution in [0.3, 0.4) is 0 Å². The van der Waals surface area contributed by atoms with Gasteiger partial charge in [-0.3, -0.25) is 9.59 Å². The van der Waals surface area contributed by atoms with E-state index in [0.717, 1.165) is 64.7 Å². The van der Waals surface area contributed by atoms with Crippen LogP contribution in [0.5, 0.6) is 0 Å². The quantitative estimate of drug-likeness (QED) is 0.115. The van der Waals surface area contributed by atoms with Gasteiger partial charge < -0.3 is 9.47 Å². The minimum Gasteiger partial charge on any atom is -0.462 e. The molecule has 0 saturated heterocycles. The van der Waals surface area contributed by atoms with Crippen LogP contribution in [-0.2, 0) is 31.9 Å². The van der Waals surface area contributed by atoms with Crippen molar-refractivity contribution in [2.75, 3.05) is 0 Å². The van der Waals surface area contributed by atoms with Crippen molar-refractivity contribution in [3.63, 3.8) is 0 Å². The number of aryl methyl sites for hydroxylation is 2. The first-order chi connectivity index (χ1) is 21.1. The second kappa shape index (κ2) is 11.6. The van der Waals surface area contributed by atoms with Crippen molar-refractivity contribution in [3.8, 4) is 23.0 Å². The molecule has 4 nitrogen and oxygen atoms in total. The van der Waals surface area contributed by atoms with Gasteiger partial charge in [0.15, 0.2) is 5.41 Å². The third kappa shape index (κ3) is 5.29. The van der Waals surface area contributed by atoms with Crippen LogP contribution in [0.1, 0.15) is 61.1 Å². The Morgan fingerprint density at radius 3 is 2.07 bits per heavy atom. The zero-order chi connectivity index (χ0) is 31.2. The fourth-order valence-electron chi connectivity index (χ4n) is 6.23. The third-order valence-electron chi connectivity index (χ3n) is 8.12. The van der Waals surface area contributed by atoms with Crippen molar-refractivity contribution in [3.05, 3.63) is 106 Å². The summed E-state index contributed by atoms with van der Waals surface area (Å²) in [7, 11) is 0. The van der Waals surface area contributed by atoms with Crippen molar-refractivity contribution in [1.29, 1.82) is 0 Å². The van der Waals surface area contributed by atoms with E-state index in [0.29, 0.717) is 0 Å². The molecule has 0 radical (unpaired) electrons. The monoisotopic (exact) mass is 600 g/mol. The number of hydrogen-bond acceptors (Lipinski definition) is 5. The van der Waals surface area contributed by atoms with Crippen LogP contribution >= 0.6 is 11.3 Å². The summed E-state index contributed by atoms with van der Waals surface area (Å²) in [5.74, 6) is 5.92. The molecule has 5 heteroatoms. The molecule has 0 bridgehead atoms. The van der Waals surface area contributed by atoms with Gasteiger partial charge in [-0.05, 0) is 82.0 Å². The normalized spacial score (nSPS) is 13.6. The van der Waals surface area contributed by atoms with Gasteiger partial charge in [0.2, 0.25) is 0 Å². The molecule has 4 aromatic carbocycles. The summed E-state index contributed by atoms with van der Waals surface area (Å²) < 4.78 is 13.8. The molecule has 44 heavy (non-hydrogen) atoms. The maximum atomic E-state index is 13.9. The van der Waals surface area contributed by atoms with E-state index in [2.05, 4.69) is 80.3 Å². The Morgan fingerprint density at radius 2 is 1.41 bits per heavy atom. The summed E-state index contributed by atoms with van der Waals surface area (Å²) in [6, 6.07) is 25.0. The smallest absolute Gasteiger partial charge is 0.324 e. The first kappa shape index (κ1) is 29.7. The Hall–Kier alpha value is -4.40. The van der Waals surface area contributed by atoms with E-state index in [4.69, 9.17) is 9.47 Å². The molecule has 5 aromatic rings. The van der Waals surface area contributed by atoms with Gasteiger partial charge in [0, 0.05) is 49.7 Å². The lowest BCUT2D eigenvalue weighted by Crippen LogP contribution is -2.44. The zero-order valence-corrected chi connectivity index (χ0v) is 26.9. The van der Waals surface area contributed by atoms with E-state index in [9.17, 15) is 9.59 Å². The van der Waals surface area contributed by atoms with E-state index in [1.165, 1.54) is 0 Å². The van der Waals surface area contributed by atoms with Gasteiger partial charge in [0.05, 0.1) is 12.2 Å². The predicted molar refractivity (Wildman–Crippen MR) is 179 cm³/mol. The summed E-state index contributed by atoms with van der Waals surface area (Å²) in [6.07, 6.45) is -0.374. The molecule has 0 saturated carbocycles. The van der Waals surface area contributed by atoms with Gasteiger partial charge in [-0.25, -0.2) is 0 Å². The lowest BCUT2D eigenvalue weighted by molar-refractivity contribution is -0.176. The molecule has 0 atom stereocenters. The van der Waals surface area contributed by atoms with Crippen molar-refractivity contribution in [1.82, 2.24) is 0 Å². The summed E-state index contributed by atoms with van der Waals surface area (Å²) in [5.41, 5.74) is 6.52. The molecule has 0 fully saturated rings. The molecular formula is C39H36O4S. The maximum absolute atomic E-state index is 13.9. The van der Waals surface area contributed by atoms with E-state index < -0.39 is 17.4 Å². The van der Waals surface area contributed by atoms with Crippen LogP contribution in [0.2, 0.25) is 0 Å². The average Bonchev–Trinajstić information content (AvgIpc) is 3.56. The molecule has 0 aliphatic heterocycles. The van der Waals surface area contributed by atoms with Crippen LogP contribution in [0, 0.1) is 31.1 Å². The Labute approximate surface area is 263 Å². The summed E-state index contributed by atoms with van der Waals surface area (Å²) in [4.78, 5) is 27.9. The number of ether oxygens (including phenoxy) is 2. The molecule has 1 aliphatic rings. The van der Waals surface area contributed by atoms with Crippen LogP contribution in [0.15, 0.2) is 72.8 Å². The van der Waals surface area contributed by atoms with Crippen LogP contribution in [0.25, 0.3) is 31.3 Å². The van der Waals surface area contributed by atoms with Gasteiger partial charge in [-0.1, -0.05) is 72.0 Å². The molecular weight excluding hydrogens is 564 g/mol. The minimum absolute atomic E-state index is 0.167. The fourth-order valence-corrected chi connectivity index (χ4v) is 7.51. The first-order valence-electron chi connectivity index (χ1n) is 15.1. The summed E-state index contributed by atoms with van der Waals surface area (Å²) in [5, 5.41) is 2.24. The van der Waals surface area contributed by atoms with Gasteiger partial charge in [0.25, 0.3) is 0 Å². The molecule has 1 heterocycles. The predicted octanol–water partition coefficient (Wildman–Crippen LogP) is 8.73. The molecule has 0 spiro atoms. The number of benzene rings is 4. The highest BCUT2D eigenvalue weighted by Crippen LogP contribution is 2.52. The molecule has 0 amide bonds. The second-order valence-electron chi connectivity index (χ2n) is 12.3. The first-order valence-corrected chi connectivity index (χ1v) is 16.0. The standard InChI is InChI=1S/C39H36O4S/c1-23(2)42-37(40)39(38(41)43-24(3)4)21-31-29(18-17-27-13-9-11-25(5)19-27)34(28-14-10-12-26(6)20-28)35-30-15-7-8-16-33(30)44-36(35)32(31)22-39/h7-16,19-20,23-24H,21-22H2,1-6H3. The SMILES string of the molecule is Cc1cccc(C#Cc2c3c(c4sc5ccccc5c4c2-c2cccc(C)c2)CC(C(=O)OC(C)C)(C(=O)OC(C)C)C3)c1. The van der Waals surface area contributed by atoms with Crippen LogP contribution < -0.4 is 0 Å². The number of fused-ring (bicyclic) bond motifs is 5. The van der Waals surface area contributed by atoms with Gasteiger partial charge in [-0.2, -0.15) is 0 Å².